The predicted octanol–water partition coefficient (Wildman–Crippen LogP) is 3.73. The molecule has 0 unspecified atom stereocenters. The fourth-order valence-corrected chi connectivity index (χ4v) is 2.75. The molecule has 0 spiro atoms. The minimum absolute atomic E-state index is 0.0861. The van der Waals surface area contributed by atoms with Crippen LogP contribution in [0.5, 0.6) is 0 Å². The van der Waals surface area contributed by atoms with Crippen LogP contribution in [0.4, 0.5) is 13.2 Å². The van der Waals surface area contributed by atoms with E-state index in [4.69, 9.17) is 5.73 Å². The zero-order valence-corrected chi connectivity index (χ0v) is 13.6. The SMILES string of the molecule is Cc1cccc2c(=O)n(-c3cccc(C(F)(F)F)c3)c([C@H](C)N)nc12. The standard InChI is InChI=1S/C18H16F3N3O/c1-10-5-3-8-14-15(10)23-16(11(2)22)24(17(14)25)13-7-4-6-12(9-13)18(19,20)21/h3-9,11H,22H2,1-2H3/t11-/m0/s1. The van der Waals surface area contributed by atoms with E-state index in [2.05, 4.69) is 4.98 Å². The molecule has 0 saturated heterocycles. The molecule has 0 aliphatic carbocycles. The number of nitrogens with two attached hydrogens (primary N) is 1. The van der Waals surface area contributed by atoms with Gasteiger partial charge in [0, 0.05) is 0 Å². The van der Waals surface area contributed by atoms with Crippen LogP contribution in [0.25, 0.3) is 16.6 Å². The lowest BCUT2D eigenvalue weighted by atomic mass is 10.1. The van der Waals surface area contributed by atoms with Crippen LogP contribution in [0.2, 0.25) is 0 Å². The van der Waals surface area contributed by atoms with Crippen molar-refractivity contribution in [2.45, 2.75) is 26.1 Å². The fourth-order valence-electron chi connectivity index (χ4n) is 2.75. The van der Waals surface area contributed by atoms with E-state index in [-0.39, 0.29) is 11.5 Å². The minimum Gasteiger partial charge on any atom is -0.322 e. The summed E-state index contributed by atoms with van der Waals surface area (Å²) in [5.74, 6) is 0.214. The Morgan fingerprint density at radius 3 is 2.48 bits per heavy atom. The van der Waals surface area contributed by atoms with Crippen molar-refractivity contribution in [1.29, 1.82) is 0 Å². The van der Waals surface area contributed by atoms with Gasteiger partial charge in [-0.1, -0.05) is 18.2 Å². The third kappa shape index (κ3) is 3.02. The highest BCUT2D eigenvalue weighted by Crippen LogP contribution is 2.30. The van der Waals surface area contributed by atoms with Crippen molar-refractivity contribution in [1.82, 2.24) is 9.55 Å². The molecule has 1 atom stereocenters. The van der Waals surface area contributed by atoms with Gasteiger partial charge in [-0.3, -0.25) is 9.36 Å². The van der Waals surface area contributed by atoms with Crippen LogP contribution in [-0.4, -0.2) is 9.55 Å². The van der Waals surface area contributed by atoms with Gasteiger partial charge < -0.3 is 5.73 Å². The molecular weight excluding hydrogens is 331 g/mol. The molecule has 130 valence electrons. The van der Waals surface area contributed by atoms with Crippen molar-refractivity contribution in [3.05, 3.63) is 69.8 Å². The molecule has 1 aromatic heterocycles. The Hall–Kier alpha value is -2.67. The summed E-state index contributed by atoms with van der Waals surface area (Å²) in [7, 11) is 0. The molecular formula is C18H16F3N3O. The number of hydrogen-bond acceptors (Lipinski definition) is 3. The Balaban J connectivity index is 2.38. The number of nitrogens with zero attached hydrogens (tertiary/aromatic N) is 2. The van der Waals surface area contributed by atoms with E-state index >= 15 is 0 Å². The van der Waals surface area contributed by atoms with E-state index in [1.165, 1.54) is 12.1 Å². The van der Waals surface area contributed by atoms with Crippen molar-refractivity contribution < 1.29 is 13.2 Å². The number of aromatic nitrogens is 2. The lowest BCUT2D eigenvalue weighted by molar-refractivity contribution is -0.137. The number of aryl methyl sites for hydroxylation is 1. The van der Waals surface area contributed by atoms with Gasteiger partial charge >= 0.3 is 6.18 Å². The maximum Gasteiger partial charge on any atom is 0.416 e. The Labute approximate surface area is 141 Å². The van der Waals surface area contributed by atoms with E-state index < -0.39 is 23.3 Å². The van der Waals surface area contributed by atoms with Crippen molar-refractivity contribution >= 4 is 10.9 Å². The van der Waals surface area contributed by atoms with Gasteiger partial charge in [0.15, 0.2) is 0 Å². The summed E-state index contributed by atoms with van der Waals surface area (Å²) in [6.45, 7) is 3.45. The smallest absolute Gasteiger partial charge is 0.322 e. The fraction of sp³-hybridized carbons (Fsp3) is 0.222. The predicted molar refractivity (Wildman–Crippen MR) is 89.7 cm³/mol. The van der Waals surface area contributed by atoms with Gasteiger partial charge in [0.1, 0.15) is 5.82 Å². The highest BCUT2D eigenvalue weighted by molar-refractivity contribution is 5.81. The molecule has 0 amide bonds. The maximum absolute atomic E-state index is 13.0. The molecule has 0 bridgehead atoms. The number of para-hydroxylation sites is 1. The number of hydrogen-bond donors (Lipinski definition) is 1. The largest absolute Gasteiger partial charge is 0.416 e. The molecule has 0 aliphatic rings. The molecule has 0 saturated carbocycles. The van der Waals surface area contributed by atoms with Crippen LogP contribution >= 0.6 is 0 Å². The van der Waals surface area contributed by atoms with Gasteiger partial charge in [-0.15, -0.1) is 0 Å². The summed E-state index contributed by atoms with van der Waals surface area (Å²) in [6.07, 6.45) is -4.50. The molecule has 3 aromatic rings. The van der Waals surface area contributed by atoms with Gasteiger partial charge in [0.25, 0.3) is 5.56 Å². The van der Waals surface area contributed by atoms with Crippen LogP contribution in [-0.2, 0) is 6.18 Å². The summed E-state index contributed by atoms with van der Waals surface area (Å²) < 4.78 is 40.2. The molecule has 0 fully saturated rings. The zero-order chi connectivity index (χ0) is 18.4. The summed E-state index contributed by atoms with van der Waals surface area (Å²) in [5.41, 5.74) is 6.05. The average Bonchev–Trinajstić information content (AvgIpc) is 2.54. The van der Waals surface area contributed by atoms with Crippen LogP contribution in [0.15, 0.2) is 47.3 Å². The van der Waals surface area contributed by atoms with Gasteiger partial charge in [-0.25, -0.2) is 4.98 Å². The Kier molecular flexibility index (Phi) is 4.12. The van der Waals surface area contributed by atoms with E-state index in [1.807, 2.05) is 13.0 Å². The number of benzene rings is 2. The van der Waals surface area contributed by atoms with Crippen molar-refractivity contribution in [3.8, 4) is 5.69 Å². The topological polar surface area (TPSA) is 60.9 Å². The van der Waals surface area contributed by atoms with Gasteiger partial charge in [0.05, 0.1) is 28.2 Å². The first kappa shape index (κ1) is 17.2. The molecule has 0 aliphatic heterocycles. The van der Waals surface area contributed by atoms with Crippen LogP contribution in [0, 0.1) is 6.92 Å². The van der Waals surface area contributed by atoms with Gasteiger partial charge in [0.2, 0.25) is 0 Å². The highest BCUT2D eigenvalue weighted by atomic mass is 19.4. The number of alkyl halides is 3. The first-order valence-corrected chi connectivity index (χ1v) is 7.65. The monoisotopic (exact) mass is 347 g/mol. The van der Waals surface area contributed by atoms with Crippen molar-refractivity contribution in [3.63, 3.8) is 0 Å². The van der Waals surface area contributed by atoms with Crippen molar-refractivity contribution in [2.75, 3.05) is 0 Å². The Morgan fingerprint density at radius 2 is 1.84 bits per heavy atom. The summed E-state index contributed by atoms with van der Waals surface area (Å²) >= 11 is 0. The van der Waals surface area contributed by atoms with E-state index in [0.29, 0.717) is 10.9 Å². The first-order valence-electron chi connectivity index (χ1n) is 7.65. The molecule has 0 radical (unpaired) electrons. The third-order valence-electron chi connectivity index (χ3n) is 3.97. The number of rotatable bonds is 2. The average molecular weight is 347 g/mol. The number of halogens is 3. The highest BCUT2D eigenvalue weighted by Gasteiger charge is 2.31. The van der Waals surface area contributed by atoms with E-state index in [0.717, 1.165) is 22.3 Å². The Bertz CT molecular complexity index is 1010. The summed E-state index contributed by atoms with van der Waals surface area (Å²) in [4.78, 5) is 17.4. The summed E-state index contributed by atoms with van der Waals surface area (Å²) in [5, 5.41) is 0.335. The minimum atomic E-state index is -4.50. The molecule has 2 N–H and O–H groups in total. The zero-order valence-electron chi connectivity index (χ0n) is 13.6. The molecule has 25 heavy (non-hydrogen) atoms. The normalized spacial score (nSPS) is 13.2. The van der Waals surface area contributed by atoms with Gasteiger partial charge in [-0.05, 0) is 43.7 Å². The van der Waals surface area contributed by atoms with E-state index in [9.17, 15) is 18.0 Å². The second-order valence-electron chi connectivity index (χ2n) is 5.92. The third-order valence-corrected chi connectivity index (χ3v) is 3.97. The van der Waals surface area contributed by atoms with Crippen LogP contribution < -0.4 is 11.3 Å². The molecule has 4 nitrogen and oxygen atoms in total. The first-order chi connectivity index (χ1) is 11.7. The van der Waals surface area contributed by atoms with Crippen LogP contribution in [0.3, 0.4) is 0 Å². The number of fused-ring (bicyclic) bond motifs is 1. The van der Waals surface area contributed by atoms with Crippen LogP contribution in [0.1, 0.15) is 29.9 Å². The molecule has 7 heteroatoms. The molecule has 3 rings (SSSR count). The molecule has 2 aromatic carbocycles. The lowest BCUT2D eigenvalue weighted by Gasteiger charge is -2.17. The summed E-state index contributed by atoms with van der Waals surface area (Å²) in [6, 6.07) is 9.08. The second-order valence-corrected chi connectivity index (χ2v) is 5.92. The quantitative estimate of drug-likeness (QED) is 0.768. The lowest BCUT2D eigenvalue weighted by Crippen LogP contribution is -2.28. The van der Waals surface area contributed by atoms with Gasteiger partial charge in [-0.2, -0.15) is 13.2 Å². The van der Waals surface area contributed by atoms with E-state index in [1.54, 1.807) is 19.1 Å². The Morgan fingerprint density at radius 1 is 1.16 bits per heavy atom. The maximum atomic E-state index is 13.0. The van der Waals surface area contributed by atoms with Crippen molar-refractivity contribution in [2.24, 2.45) is 5.73 Å². The second kappa shape index (κ2) is 6.00. The molecule has 1 heterocycles.